The molecule has 0 aliphatic carbocycles. The molecule has 8 heteroatoms. The van der Waals surface area contributed by atoms with Crippen LogP contribution in [0.2, 0.25) is 5.02 Å². The SMILES string of the molecule is CCOc1ccc(Oc2ccc(Cl)cc2NC(=O)COc2cccc(C(N)=O)c2)cc1. The Labute approximate surface area is 184 Å². The van der Waals surface area contributed by atoms with Crippen molar-refractivity contribution in [3.8, 4) is 23.0 Å². The number of carbonyl (C=O) groups is 2. The fourth-order valence-corrected chi connectivity index (χ4v) is 2.83. The van der Waals surface area contributed by atoms with Crippen LogP contribution in [0.15, 0.2) is 66.7 Å². The van der Waals surface area contributed by atoms with E-state index in [9.17, 15) is 9.59 Å². The molecule has 160 valence electrons. The van der Waals surface area contributed by atoms with Crippen LogP contribution in [0.4, 0.5) is 5.69 Å². The topological polar surface area (TPSA) is 99.9 Å². The predicted octanol–water partition coefficient (Wildman–Crippen LogP) is 4.65. The van der Waals surface area contributed by atoms with Gasteiger partial charge >= 0.3 is 0 Å². The number of nitrogens with one attached hydrogen (secondary N) is 1. The number of amides is 2. The van der Waals surface area contributed by atoms with E-state index in [-0.39, 0.29) is 6.61 Å². The van der Waals surface area contributed by atoms with Crippen LogP contribution in [-0.4, -0.2) is 25.0 Å². The van der Waals surface area contributed by atoms with Gasteiger partial charge < -0.3 is 25.3 Å². The second-order valence-corrected chi connectivity index (χ2v) is 6.81. The number of nitrogens with two attached hydrogens (primary N) is 1. The van der Waals surface area contributed by atoms with Gasteiger partial charge in [0.05, 0.1) is 12.3 Å². The van der Waals surface area contributed by atoms with Gasteiger partial charge in [-0.1, -0.05) is 17.7 Å². The van der Waals surface area contributed by atoms with Crippen LogP contribution in [0, 0.1) is 0 Å². The molecule has 0 aliphatic heterocycles. The van der Waals surface area contributed by atoms with E-state index in [1.165, 1.54) is 6.07 Å². The molecule has 0 heterocycles. The first-order chi connectivity index (χ1) is 14.9. The Morgan fingerprint density at radius 3 is 2.39 bits per heavy atom. The van der Waals surface area contributed by atoms with Crippen molar-refractivity contribution in [3.05, 3.63) is 77.3 Å². The minimum absolute atomic E-state index is 0.281. The molecule has 3 rings (SSSR count). The zero-order chi connectivity index (χ0) is 22.2. The molecule has 0 bridgehead atoms. The van der Waals surface area contributed by atoms with Crippen molar-refractivity contribution in [3.63, 3.8) is 0 Å². The predicted molar refractivity (Wildman–Crippen MR) is 118 cm³/mol. The summed E-state index contributed by atoms with van der Waals surface area (Å²) in [5, 5.41) is 3.16. The normalized spacial score (nSPS) is 10.3. The number of halogens is 1. The maximum atomic E-state index is 12.4. The quantitative estimate of drug-likeness (QED) is 0.504. The van der Waals surface area contributed by atoms with E-state index in [1.54, 1.807) is 60.7 Å². The number of anilines is 1. The third-order valence-electron chi connectivity index (χ3n) is 4.07. The molecule has 0 aromatic heterocycles. The van der Waals surface area contributed by atoms with Crippen molar-refractivity contribution in [1.29, 1.82) is 0 Å². The molecule has 0 saturated heterocycles. The lowest BCUT2D eigenvalue weighted by molar-refractivity contribution is -0.118. The minimum atomic E-state index is -0.579. The maximum absolute atomic E-state index is 12.4. The Balaban J connectivity index is 1.66. The highest BCUT2D eigenvalue weighted by atomic mass is 35.5. The molecule has 0 saturated carbocycles. The van der Waals surface area contributed by atoms with Crippen molar-refractivity contribution >= 4 is 29.1 Å². The van der Waals surface area contributed by atoms with E-state index in [1.807, 2.05) is 6.92 Å². The summed E-state index contributed by atoms with van der Waals surface area (Å²) in [5.41, 5.74) is 5.93. The first kappa shape index (κ1) is 22.0. The van der Waals surface area contributed by atoms with Gasteiger partial charge in [0.25, 0.3) is 5.91 Å². The number of carbonyl (C=O) groups excluding carboxylic acids is 2. The second kappa shape index (κ2) is 10.4. The van der Waals surface area contributed by atoms with Gasteiger partial charge in [-0.15, -0.1) is 0 Å². The molecule has 0 fully saturated rings. The van der Waals surface area contributed by atoms with Crippen LogP contribution in [0.3, 0.4) is 0 Å². The van der Waals surface area contributed by atoms with Gasteiger partial charge in [-0.3, -0.25) is 9.59 Å². The van der Waals surface area contributed by atoms with Gasteiger partial charge in [-0.25, -0.2) is 0 Å². The maximum Gasteiger partial charge on any atom is 0.262 e. The Morgan fingerprint density at radius 1 is 0.935 bits per heavy atom. The summed E-state index contributed by atoms with van der Waals surface area (Å²) in [6.45, 7) is 2.20. The standard InChI is InChI=1S/C23H21ClN2O5/c1-2-29-17-7-9-18(10-8-17)31-21-11-6-16(24)13-20(21)26-22(27)14-30-19-5-3-4-15(12-19)23(25)28/h3-13H,2,14H2,1H3,(H2,25,28)(H,26,27). The lowest BCUT2D eigenvalue weighted by atomic mass is 10.2. The largest absolute Gasteiger partial charge is 0.494 e. The fourth-order valence-electron chi connectivity index (χ4n) is 2.66. The van der Waals surface area contributed by atoms with Crippen molar-refractivity contribution < 1.29 is 23.8 Å². The summed E-state index contributed by atoms with van der Waals surface area (Å²) < 4.78 is 16.7. The Morgan fingerprint density at radius 2 is 1.68 bits per heavy atom. The summed E-state index contributed by atoms with van der Waals surface area (Å²) in [6.07, 6.45) is 0. The van der Waals surface area contributed by atoms with Gasteiger partial charge in [0.1, 0.15) is 17.2 Å². The Bertz CT molecular complexity index is 1070. The molecule has 0 unspecified atom stereocenters. The van der Waals surface area contributed by atoms with E-state index in [0.717, 1.165) is 5.75 Å². The second-order valence-electron chi connectivity index (χ2n) is 6.38. The van der Waals surface area contributed by atoms with Crippen LogP contribution >= 0.6 is 11.6 Å². The molecule has 0 radical (unpaired) electrons. The molecule has 0 atom stereocenters. The van der Waals surface area contributed by atoms with E-state index in [4.69, 9.17) is 31.5 Å². The summed E-state index contributed by atoms with van der Waals surface area (Å²) in [5.74, 6) is 1.06. The zero-order valence-electron chi connectivity index (χ0n) is 16.8. The summed E-state index contributed by atoms with van der Waals surface area (Å²) in [4.78, 5) is 23.7. The summed E-state index contributed by atoms with van der Waals surface area (Å²) >= 11 is 6.08. The van der Waals surface area contributed by atoms with Crippen molar-refractivity contribution in [1.82, 2.24) is 0 Å². The van der Waals surface area contributed by atoms with Crippen LogP contribution in [0.25, 0.3) is 0 Å². The highest BCUT2D eigenvalue weighted by Gasteiger charge is 2.12. The van der Waals surface area contributed by atoms with Crippen LogP contribution in [-0.2, 0) is 4.79 Å². The molecular formula is C23H21ClN2O5. The van der Waals surface area contributed by atoms with E-state index in [0.29, 0.717) is 40.1 Å². The van der Waals surface area contributed by atoms with Gasteiger partial charge in [-0.05, 0) is 67.6 Å². The molecule has 31 heavy (non-hydrogen) atoms. The third-order valence-corrected chi connectivity index (χ3v) is 4.30. The first-order valence-corrected chi connectivity index (χ1v) is 9.85. The zero-order valence-corrected chi connectivity index (χ0v) is 17.5. The molecule has 2 amide bonds. The Kier molecular flexibility index (Phi) is 7.35. The van der Waals surface area contributed by atoms with Crippen molar-refractivity contribution in [2.45, 2.75) is 6.92 Å². The van der Waals surface area contributed by atoms with Crippen molar-refractivity contribution in [2.24, 2.45) is 5.73 Å². The average Bonchev–Trinajstić information content (AvgIpc) is 2.76. The molecule has 0 spiro atoms. The molecule has 0 aliphatic rings. The van der Waals surface area contributed by atoms with Gasteiger partial charge in [0, 0.05) is 10.6 Å². The number of hydrogen-bond acceptors (Lipinski definition) is 5. The van der Waals surface area contributed by atoms with E-state index in [2.05, 4.69) is 5.32 Å². The lowest BCUT2D eigenvalue weighted by Crippen LogP contribution is -2.20. The molecule has 7 nitrogen and oxygen atoms in total. The number of hydrogen-bond donors (Lipinski definition) is 2. The van der Waals surface area contributed by atoms with Gasteiger partial charge in [-0.2, -0.15) is 0 Å². The van der Waals surface area contributed by atoms with Gasteiger partial charge in [0.15, 0.2) is 12.4 Å². The number of benzene rings is 3. The molecule has 3 aromatic rings. The third kappa shape index (κ3) is 6.38. The number of primary amides is 1. The smallest absolute Gasteiger partial charge is 0.262 e. The summed E-state index contributed by atoms with van der Waals surface area (Å²) in [6, 6.07) is 18.3. The monoisotopic (exact) mass is 440 g/mol. The van der Waals surface area contributed by atoms with Gasteiger partial charge in [0.2, 0.25) is 5.91 Å². The molecule has 3 aromatic carbocycles. The highest BCUT2D eigenvalue weighted by molar-refractivity contribution is 6.31. The van der Waals surface area contributed by atoms with E-state index < -0.39 is 11.8 Å². The first-order valence-electron chi connectivity index (χ1n) is 9.47. The average molecular weight is 441 g/mol. The minimum Gasteiger partial charge on any atom is -0.494 e. The van der Waals surface area contributed by atoms with Crippen LogP contribution in [0.1, 0.15) is 17.3 Å². The van der Waals surface area contributed by atoms with Crippen LogP contribution in [0.5, 0.6) is 23.0 Å². The summed E-state index contributed by atoms with van der Waals surface area (Å²) in [7, 11) is 0. The number of ether oxygens (including phenoxy) is 3. The Hall–Kier alpha value is -3.71. The number of rotatable bonds is 9. The highest BCUT2D eigenvalue weighted by Crippen LogP contribution is 2.32. The lowest BCUT2D eigenvalue weighted by Gasteiger charge is -2.14. The molecule has 3 N–H and O–H groups in total. The fraction of sp³-hybridized carbons (Fsp3) is 0.130. The van der Waals surface area contributed by atoms with Crippen molar-refractivity contribution in [2.75, 3.05) is 18.5 Å². The van der Waals surface area contributed by atoms with E-state index >= 15 is 0 Å². The molecular weight excluding hydrogens is 420 g/mol. The van der Waals surface area contributed by atoms with Crippen LogP contribution < -0.4 is 25.3 Å².